The van der Waals surface area contributed by atoms with E-state index in [-0.39, 0.29) is 0 Å². The van der Waals surface area contributed by atoms with Gasteiger partial charge in [0.25, 0.3) is 0 Å². The highest BCUT2D eigenvalue weighted by Crippen LogP contribution is 2.15. The van der Waals surface area contributed by atoms with E-state index in [1.54, 1.807) is 0 Å². The first-order valence-corrected chi connectivity index (χ1v) is 5.03. The molecule has 0 bridgehead atoms. The van der Waals surface area contributed by atoms with Crippen molar-refractivity contribution in [1.82, 2.24) is 5.32 Å². The summed E-state index contributed by atoms with van der Waals surface area (Å²) in [5.41, 5.74) is 0. The molecule has 1 heteroatoms. The van der Waals surface area contributed by atoms with E-state index in [9.17, 15) is 0 Å². The van der Waals surface area contributed by atoms with Crippen LogP contribution in [0.3, 0.4) is 0 Å². The standard InChI is InChI=1S/C10H23N/c1-5-9(6-2)10(7-3)11-8-4/h9-11H,5-8H2,1-4H3. The van der Waals surface area contributed by atoms with Gasteiger partial charge < -0.3 is 5.32 Å². The molecule has 1 atom stereocenters. The summed E-state index contributed by atoms with van der Waals surface area (Å²) in [5.74, 6) is 0.875. The maximum atomic E-state index is 3.53. The Bertz CT molecular complexity index is 76.9. The molecule has 0 fully saturated rings. The van der Waals surface area contributed by atoms with Crippen LogP contribution in [-0.4, -0.2) is 12.6 Å². The van der Waals surface area contributed by atoms with Crippen molar-refractivity contribution in [1.29, 1.82) is 0 Å². The summed E-state index contributed by atoms with van der Waals surface area (Å²) in [6.07, 6.45) is 3.88. The summed E-state index contributed by atoms with van der Waals surface area (Å²) in [6, 6.07) is 0.745. The third-order valence-corrected chi connectivity index (χ3v) is 2.52. The van der Waals surface area contributed by atoms with Gasteiger partial charge >= 0.3 is 0 Å². The Labute approximate surface area is 71.6 Å². The fourth-order valence-corrected chi connectivity index (χ4v) is 1.76. The zero-order valence-electron chi connectivity index (χ0n) is 8.48. The molecule has 1 unspecified atom stereocenters. The van der Waals surface area contributed by atoms with Gasteiger partial charge in [-0.3, -0.25) is 0 Å². The van der Waals surface area contributed by atoms with Gasteiger partial charge in [-0.1, -0.05) is 40.5 Å². The maximum absolute atomic E-state index is 3.53. The van der Waals surface area contributed by atoms with Crippen molar-refractivity contribution >= 4 is 0 Å². The highest BCUT2D eigenvalue weighted by atomic mass is 14.9. The van der Waals surface area contributed by atoms with Gasteiger partial charge in [0.05, 0.1) is 0 Å². The van der Waals surface area contributed by atoms with Gasteiger partial charge in [-0.15, -0.1) is 0 Å². The first-order valence-electron chi connectivity index (χ1n) is 5.03. The average Bonchev–Trinajstić information content (AvgIpc) is 2.05. The second-order valence-corrected chi connectivity index (χ2v) is 3.15. The molecule has 0 aliphatic rings. The summed E-state index contributed by atoms with van der Waals surface area (Å²) in [5, 5.41) is 3.53. The normalized spacial score (nSPS) is 13.9. The second kappa shape index (κ2) is 6.66. The fourth-order valence-electron chi connectivity index (χ4n) is 1.76. The largest absolute Gasteiger partial charge is 0.314 e. The number of hydrogen-bond donors (Lipinski definition) is 1. The predicted octanol–water partition coefficient (Wildman–Crippen LogP) is 2.81. The summed E-state index contributed by atoms with van der Waals surface area (Å²) in [7, 11) is 0. The molecule has 11 heavy (non-hydrogen) atoms. The van der Waals surface area contributed by atoms with Crippen molar-refractivity contribution in [3.8, 4) is 0 Å². The lowest BCUT2D eigenvalue weighted by Crippen LogP contribution is -2.34. The van der Waals surface area contributed by atoms with E-state index in [4.69, 9.17) is 0 Å². The Kier molecular flexibility index (Phi) is 6.63. The maximum Gasteiger partial charge on any atom is 0.00923 e. The van der Waals surface area contributed by atoms with Crippen LogP contribution < -0.4 is 5.32 Å². The average molecular weight is 157 g/mol. The van der Waals surface area contributed by atoms with Crippen molar-refractivity contribution in [2.45, 2.75) is 53.0 Å². The lowest BCUT2D eigenvalue weighted by molar-refractivity contribution is 0.331. The Morgan fingerprint density at radius 3 is 1.73 bits per heavy atom. The molecule has 0 rings (SSSR count). The van der Waals surface area contributed by atoms with Crippen LogP contribution >= 0.6 is 0 Å². The van der Waals surface area contributed by atoms with Gasteiger partial charge in [0.1, 0.15) is 0 Å². The second-order valence-electron chi connectivity index (χ2n) is 3.15. The molecule has 0 aromatic carbocycles. The van der Waals surface area contributed by atoms with Crippen molar-refractivity contribution in [3.63, 3.8) is 0 Å². The van der Waals surface area contributed by atoms with Crippen molar-refractivity contribution in [2.24, 2.45) is 5.92 Å². The van der Waals surface area contributed by atoms with Crippen LogP contribution in [-0.2, 0) is 0 Å². The molecular formula is C10H23N. The van der Waals surface area contributed by atoms with Crippen LogP contribution in [0.1, 0.15) is 47.0 Å². The third-order valence-electron chi connectivity index (χ3n) is 2.52. The van der Waals surface area contributed by atoms with Crippen LogP contribution in [0.5, 0.6) is 0 Å². The molecule has 0 aliphatic carbocycles. The first-order chi connectivity index (χ1) is 5.29. The van der Waals surface area contributed by atoms with Crippen LogP contribution in [0.15, 0.2) is 0 Å². The molecule has 0 spiro atoms. The number of hydrogen-bond acceptors (Lipinski definition) is 1. The highest BCUT2D eigenvalue weighted by molar-refractivity contribution is 4.72. The number of rotatable bonds is 6. The molecule has 0 saturated carbocycles. The van der Waals surface area contributed by atoms with Gasteiger partial charge in [0, 0.05) is 6.04 Å². The minimum atomic E-state index is 0.745. The highest BCUT2D eigenvalue weighted by Gasteiger charge is 2.14. The van der Waals surface area contributed by atoms with E-state index in [0.717, 1.165) is 18.5 Å². The summed E-state index contributed by atoms with van der Waals surface area (Å²) < 4.78 is 0. The van der Waals surface area contributed by atoms with Crippen LogP contribution in [0, 0.1) is 5.92 Å². The Hall–Kier alpha value is -0.0400. The molecule has 0 aromatic heterocycles. The fraction of sp³-hybridized carbons (Fsp3) is 1.00. The lowest BCUT2D eigenvalue weighted by Gasteiger charge is -2.24. The molecule has 0 radical (unpaired) electrons. The Morgan fingerprint density at radius 2 is 1.45 bits per heavy atom. The zero-order valence-corrected chi connectivity index (χ0v) is 8.48. The first kappa shape index (κ1) is 11.0. The van der Waals surface area contributed by atoms with Crippen molar-refractivity contribution in [3.05, 3.63) is 0 Å². The minimum absolute atomic E-state index is 0.745. The molecule has 1 nitrogen and oxygen atoms in total. The van der Waals surface area contributed by atoms with Gasteiger partial charge in [-0.2, -0.15) is 0 Å². The van der Waals surface area contributed by atoms with Gasteiger partial charge in [-0.25, -0.2) is 0 Å². The van der Waals surface area contributed by atoms with E-state index in [0.29, 0.717) is 0 Å². The molecule has 0 saturated heterocycles. The minimum Gasteiger partial charge on any atom is -0.314 e. The lowest BCUT2D eigenvalue weighted by atomic mass is 9.92. The van der Waals surface area contributed by atoms with Gasteiger partial charge in [-0.05, 0) is 18.9 Å². The van der Waals surface area contributed by atoms with Crippen LogP contribution in [0.4, 0.5) is 0 Å². The monoisotopic (exact) mass is 157 g/mol. The Balaban J connectivity index is 3.76. The van der Waals surface area contributed by atoms with Gasteiger partial charge in [0.15, 0.2) is 0 Å². The molecular weight excluding hydrogens is 134 g/mol. The van der Waals surface area contributed by atoms with Gasteiger partial charge in [0.2, 0.25) is 0 Å². The molecule has 0 amide bonds. The van der Waals surface area contributed by atoms with E-state index in [1.165, 1.54) is 19.3 Å². The van der Waals surface area contributed by atoms with E-state index < -0.39 is 0 Å². The zero-order chi connectivity index (χ0) is 8.69. The molecule has 68 valence electrons. The van der Waals surface area contributed by atoms with E-state index in [2.05, 4.69) is 33.0 Å². The summed E-state index contributed by atoms with van der Waals surface area (Å²) in [4.78, 5) is 0. The third kappa shape index (κ3) is 3.76. The molecule has 0 heterocycles. The SMILES string of the molecule is CCNC(CC)C(CC)CC. The van der Waals surface area contributed by atoms with Crippen molar-refractivity contribution < 1.29 is 0 Å². The topological polar surface area (TPSA) is 12.0 Å². The smallest absolute Gasteiger partial charge is 0.00923 e. The van der Waals surface area contributed by atoms with Crippen molar-refractivity contribution in [2.75, 3.05) is 6.54 Å². The van der Waals surface area contributed by atoms with E-state index >= 15 is 0 Å². The van der Waals surface area contributed by atoms with Crippen LogP contribution in [0.2, 0.25) is 0 Å². The predicted molar refractivity (Wildman–Crippen MR) is 51.8 cm³/mol. The summed E-state index contributed by atoms with van der Waals surface area (Å²) >= 11 is 0. The summed E-state index contributed by atoms with van der Waals surface area (Å²) in [6.45, 7) is 10.1. The Morgan fingerprint density at radius 1 is 0.909 bits per heavy atom. The molecule has 1 N–H and O–H groups in total. The molecule has 0 aliphatic heterocycles. The number of nitrogens with one attached hydrogen (secondary N) is 1. The van der Waals surface area contributed by atoms with E-state index in [1.807, 2.05) is 0 Å². The quantitative estimate of drug-likeness (QED) is 0.625. The molecule has 0 aromatic rings. The van der Waals surface area contributed by atoms with Crippen LogP contribution in [0.25, 0.3) is 0 Å².